The van der Waals surface area contributed by atoms with Crippen molar-refractivity contribution in [2.75, 3.05) is 0 Å². The maximum Gasteiger partial charge on any atom is 0.113 e. The highest BCUT2D eigenvalue weighted by atomic mass is 32.1. The fraction of sp³-hybridized carbons (Fsp3) is 0.0625. The normalized spacial score (nSPS) is 13.8. The predicted octanol–water partition coefficient (Wildman–Crippen LogP) is 9.91. The number of fused-ring (bicyclic) bond motifs is 2. The Morgan fingerprint density at radius 2 is 0.946 bits per heavy atom. The second-order valence-electron chi connectivity index (χ2n) is 9.84. The van der Waals surface area contributed by atoms with Gasteiger partial charge < -0.3 is 0 Å². The van der Waals surface area contributed by atoms with Crippen LogP contribution in [-0.2, 0) is 0 Å². The van der Waals surface area contributed by atoms with E-state index in [0.29, 0.717) is 0 Å². The van der Waals surface area contributed by atoms with E-state index < -0.39 is 8.07 Å². The van der Waals surface area contributed by atoms with Gasteiger partial charge in [-0.25, -0.2) is 0 Å². The number of hydrogen-bond acceptors (Lipinski definition) is 4. The Bertz CT molecular complexity index is 1620. The molecule has 6 aromatic rings. The molecule has 0 fully saturated rings. The molecule has 2 aromatic carbocycles. The summed E-state index contributed by atoms with van der Waals surface area (Å²) in [6.07, 6.45) is 4.70. The predicted molar refractivity (Wildman–Crippen MR) is 172 cm³/mol. The first-order valence-electron chi connectivity index (χ1n) is 12.3. The molecule has 0 radical (unpaired) electrons. The van der Waals surface area contributed by atoms with Crippen molar-refractivity contribution in [2.24, 2.45) is 0 Å². The van der Waals surface area contributed by atoms with Crippen LogP contribution in [0, 0.1) is 0 Å². The lowest BCUT2D eigenvalue weighted by Crippen LogP contribution is -2.54. The molecule has 37 heavy (non-hydrogen) atoms. The third-order valence-electron chi connectivity index (χ3n) is 7.20. The van der Waals surface area contributed by atoms with Gasteiger partial charge in [0.25, 0.3) is 0 Å². The zero-order chi connectivity index (χ0) is 25.0. The summed E-state index contributed by atoms with van der Waals surface area (Å²) in [6.45, 7) is 4.99. The van der Waals surface area contributed by atoms with Crippen LogP contribution in [-0.4, -0.2) is 8.07 Å². The SMILES string of the molecule is C[Si]1(C)c2ccc(-c3ccc(-c4cccs4)s3)cc2C=Cc2cc(-c3ccc(-c4cccs4)s3)ccc21. The smallest absolute Gasteiger partial charge is 0.113 e. The Labute approximate surface area is 234 Å². The van der Waals surface area contributed by atoms with Crippen LogP contribution in [0.1, 0.15) is 11.1 Å². The zero-order valence-corrected chi connectivity index (χ0v) is 24.8. The second kappa shape index (κ2) is 9.19. The molecule has 0 N–H and O–H groups in total. The van der Waals surface area contributed by atoms with Crippen LogP contribution < -0.4 is 10.4 Å². The topological polar surface area (TPSA) is 0 Å². The fourth-order valence-electron chi connectivity index (χ4n) is 5.26. The van der Waals surface area contributed by atoms with E-state index in [4.69, 9.17) is 0 Å². The summed E-state index contributed by atoms with van der Waals surface area (Å²) in [5.41, 5.74) is 5.36. The molecule has 1 aliphatic heterocycles. The van der Waals surface area contributed by atoms with E-state index >= 15 is 0 Å². The third-order valence-corrected chi connectivity index (χ3v) is 15.2. The molecule has 0 nitrogen and oxygen atoms in total. The van der Waals surface area contributed by atoms with Gasteiger partial charge in [-0.1, -0.05) is 61.6 Å². The maximum absolute atomic E-state index is 2.50. The van der Waals surface area contributed by atoms with E-state index in [1.165, 1.54) is 61.9 Å². The summed E-state index contributed by atoms with van der Waals surface area (Å²) < 4.78 is 0. The molecule has 0 bridgehead atoms. The van der Waals surface area contributed by atoms with Gasteiger partial charge in [-0.3, -0.25) is 0 Å². The van der Waals surface area contributed by atoms with Gasteiger partial charge in [-0.05, 0) is 91.9 Å². The molecule has 180 valence electrons. The van der Waals surface area contributed by atoms with Gasteiger partial charge in [0, 0.05) is 29.3 Å². The highest BCUT2D eigenvalue weighted by molar-refractivity contribution is 7.23. The molecule has 7 rings (SSSR count). The highest BCUT2D eigenvalue weighted by Gasteiger charge is 2.31. The van der Waals surface area contributed by atoms with Gasteiger partial charge in [-0.2, -0.15) is 0 Å². The number of benzene rings is 2. The average Bonchev–Trinajstić information content (AvgIpc) is 3.73. The molecule has 0 spiro atoms. The first kappa shape index (κ1) is 23.3. The molecule has 5 heterocycles. The van der Waals surface area contributed by atoms with Crippen molar-refractivity contribution in [3.8, 4) is 40.4 Å². The lowest BCUT2D eigenvalue weighted by molar-refractivity contribution is 1.64. The number of rotatable bonds is 4. The molecule has 4 aromatic heterocycles. The molecule has 5 heteroatoms. The monoisotopic (exact) mass is 564 g/mol. The van der Waals surface area contributed by atoms with Crippen LogP contribution >= 0.6 is 45.3 Å². The summed E-state index contributed by atoms with van der Waals surface area (Å²) in [5.74, 6) is 0. The standard InChI is InChI=1S/C32H24S4Si/c1-37(2)31-15-9-21(25-11-13-29(35-25)27-5-3-17-33-27)19-23(31)7-8-24-20-22(10-16-32(24)37)26-12-14-30(36-26)28-6-4-18-34-28/h3-20H,1-2H3. The Hall–Kier alpha value is -2.80. The van der Waals surface area contributed by atoms with Crippen molar-refractivity contribution < 1.29 is 0 Å². The van der Waals surface area contributed by atoms with E-state index in [1.54, 1.807) is 0 Å². The van der Waals surface area contributed by atoms with Gasteiger partial charge >= 0.3 is 0 Å². The van der Waals surface area contributed by atoms with Crippen LogP contribution in [0.4, 0.5) is 0 Å². The summed E-state index contributed by atoms with van der Waals surface area (Å²) in [6, 6.07) is 32.0. The van der Waals surface area contributed by atoms with Gasteiger partial charge in [0.05, 0.1) is 0 Å². The Kier molecular flexibility index (Phi) is 5.79. The summed E-state index contributed by atoms with van der Waals surface area (Å²) >= 11 is 7.39. The molecule has 0 saturated heterocycles. The van der Waals surface area contributed by atoms with Crippen LogP contribution in [0.15, 0.2) is 95.7 Å². The maximum atomic E-state index is 2.50. The quantitative estimate of drug-likeness (QED) is 0.187. The zero-order valence-electron chi connectivity index (χ0n) is 20.5. The number of thiophene rings is 4. The largest absolute Gasteiger partial charge is 0.143 e. The summed E-state index contributed by atoms with van der Waals surface area (Å²) in [5, 5.41) is 7.34. The lowest BCUT2D eigenvalue weighted by Gasteiger charge is -2.26. The van der Waals surface area contributed by atoms with Crippen molar-refractivity contribution in [3.05, 3.63) is 107 Å². The van der Waals surface area contributed by atoms with E-state index in [-0.39, 0.29) is 0 Å². The third kappa shape index (κ3) is 4.15. The van der Waals surface area contributed by atoms with E-state index in [0.717, 1.165) is 0 Å². The van der Waals surface area contributed by atoms with E-state index in [1.807, 2.05) is 45.3 Å². The van der Waals surface area contributed by atoms with Crippen LogP contribution in [0.5, 0.6) is 0 Å². The van der Waals surface area contributed by atoms with Crippen molar-refractivity contribution in [3.63, 3.8) is 0 Å². The van der Waals surface area contributed by atoms with Crippen LogP contribution in [0.3, 0.4) is 0 Å². The minimum Gasteiger partial charge on any atom is -0.143 e. The molecule has 0 atom stereocenters. The molecule has 0 amide bonds. The molecule has 1 aliphatic rings. The van der Waals surface area contributed by atoms with Crippen molar-refractivity contribution in [2.45, 2.75) is 13.1 Å². The number of hydrogen-bond donors (Lipinski definition) is 0. The van der Waals surface area contributed by atoms with Crippen molar-refractivity contribution in [1.29, 1.82) is 0 Å². The second-order valence-corrected chi connectivity index (χ2v) is 18.2. The molecular weight excluding hydrogens is 541 g/mol. The fourth-order valence-corrected chi connectivity index (χ4v) is 12.0. The van der Waals surface area contributed by atoms with Gasteiger partial charge in [-0.15, -0.1) is 45.3 Å². The van der Waals surface area contributed by atoms with Gasteiger partial charge in [0.1, 0.15) is 8.07 Å². The molecule has 0 saturated carbocycles. The Morgan fingerprint density at radius 1 is 0.486 bits per heavy atom. The molecule has 0 aliphatic carbocycles. The van der Waals surface area contributed by atoms with Crippen molar-refractivity contribution in [1.82, 2.24) is 0 Å². The first-order chi connectivity index (χ1) is 18.1. The molecular formula is C32H24S4Si. The summed E-state index contributed by atoms with van der Waals surface area (Å²) in [7, 11) is -1.86. The van der Waals surface area contributed by atoms with E-state index in [2.05, 4.69) is 121 Å². The Morgan fingerprint density at radius 3 is 1.38 bits per heavy atom. The Balaban J connectivity index is 1.25. The van der Waals surface area contributed by atoms with Crippen LogP contribution in [0.2, 0.25) is 13.1 Å². The van der Waals surface area contributed by atoms with Gasteiger partial charge in [0.2, 0.25) is 0 Å². The lowest BCUT2D eigenvalue weighted by atomic mass is 10.1. The van der Waals surface area contributed by atoms with Crippen LogP contribution in [0.25, 0.3) is 52.5 Å². The molecule has 0 unspecified atom stereocenters. The van der Waals surface area contributed by atoms with Crippen molar-refractivity contribution >= 4 is 75.9 Å². The first-order valence-corrected chi connectivity index (χ1v) is 18.7. The minimum absolute atomic E-state index is 1.31. The van der Waals surface area contributed by atoms with E-state index in [9.17, 15) is 0 Å². The summed E-state index contributed by atoms with van der Waals surface area (Å²) in [4.78, 5) is 8.06. The van der Waals surface area contributed by atoms with Gasteiger partial charge in [0.15, 0.2) is 0 Å². The minimum atomic E-state index is -1.86. The average molecular weight is 565 g/mol. The highest BCUT2D eigenvalue weighted by Crippen LogP contribution is 2.38.